The van der Waals surface area contributed by atoms with Gasteiger partial charge in [0.15, 0.2) is 0 Å². The van der Waals surface area contributed by atoms with E-state index in [1.165, 1.54) is 19.2 Å². The average Bonchev–Trinajstić information content (AvgIpc) is 2.93. The minimum Gasteiger partial charge on any atom is -0.494 e. The van der Waals surface area contributed by atoms with E-state index in [1.54, 1.807) is 31.2 Å². The molecule has 0 saturated carbocycles. The summed E-state index contributed by atoms with van der Waals surface area (Å²) in [4.78, 5) is 33.0. The number of piperidine rings is 1. The molecule has 1 aromatic heterocycles. The first-order chi connectivity index (χ1) is 19.5. The van der Waals surface area contributed by atoms with E-state index in [4.69, 9.17) is 4.74 Å². The molecule has 4 rings (SSSR count). The molecule has 0 spiro atoms. The van der Waals surface area contributed by atoms with Crippen molar-refractivity contribution in [2.75, 3.05) is 41.5 Å². The Balaban J connectivity index is 1.53. The van der Waals surface area contributed by atoms with Crippen molar-refractivity contribution in [1.29, 1.82) is 0 Å². The van der Waals surface area contributed by atoms with Gasteiger partial charge in [0.25, 0.3) is 0 Å². The Kier molecular flexibility index (Phi) is 8.95. The van der Waals surface area contributed by atoms with Crippen molar-refractivity contribution in [1.82, 2.24) is 14.9 Å². The Morgan fingerprint density at radius 1 is 1.07 bits per heavy atom. The summed E-state index contributed by atoms with van der Waals surface area (Å²) in [5.74, 6) is -0.529. The number of aromatic nitrogens is 2. The highest BCUT2D eigenvalue weighted by molar-refractivity contribution is 5.99. The summed E-state index contributed by atoms with van der Waals surface area (Å²) in [7, 11) is 1.48. The Hall–Kier alpha value is -4.81. The van der Waals surface area contributed by atoms with Crippen molar-refractivity contribution in [3.05, 3.63) is 66.9 Å². The van der Waals surface area contributed by atoms with Crippen LogP contribution in [-0.4, -0.2) is 52.9 Å². The topological polar surface area (TPSA) is 121 Å². The molecule has 0 radical (unpaired) electrons. The summed E-state index contributed by atoms with van der Waals surface area (Å²) in [6, 6.07) is 11.6. The van der Waals surface area contributed by atoms with Crippen LogP contribution in [0, 0.1) is 0 Å². The molecule has 1 aliphatic heterocycles. The Morgan fingerprint density at radius 2 is 1.80 bits per heavy atom. The number of carbonyl (C=O) groups is 2. The number of alkyl halides is 3. The first-order valence-corrected chi connectivity index (χ1v) is 12.8. The normalized spacial score (nSPS) is 13.7. The van der Waals surface area contributed by atoms with Crippen LogP contribution in [-0.2, 0) is 15.8 Å². The van der Waals surface area contributed by atoms with Crippen molar-refractivity contribution in [2.45, 2.75) is 32.0 Å². The number of nitrogens with one attached hydrogen (secondary N) is 4. The second-order valence-corrected chi connectivity index (χ2v) is 9.32. The Labute approximate surface area is 235 Å². The van der Waals surface area contributed by atoms with Crippen LogP contribution in [0.2, 0.25) is 0 Å². The van der Waals surface area contributed by atoms with Crippen LogP contribution in [0.15, 0.2) is 61.3 Å². The summed E-state index contributed by atoms with van der Waals surface area (Å²) in [6.07, 6.45) is -1.33. The van der Waals surface area contributed by atoms with Gasteiger partial charge < -0.3 is 30.9 Å². The van der Waals surface area contributed by atoms with Crippen molar-refractivity contribution in [3.63, 3.8) is 0 Å². The SMILES string of the molecule is C=CC(=O)Nc1cccc(Nc2nc(Nc3ccc(NC4CCN(C(C)=O)CC4)cc3OC)ncc2C(F)(F)F)c1. The molecule has 0 atom stereocenters. The van der Waals surface area contributed by atoms with Gasteiger partial charge in [-0.2, -0.15) is 18.2 Å². The largest absolute Gasteiger partial charge is 0.494 e. The lowest BCUT2D eigenvalue weighted by molar-refractivity contribution is -0.137. The molecule has 0 aliphatic carbocycles. The maximum Gasteiger partial charge on any atom is 0.421 e. The first kappa shape index (κ1) is 29.2. The van der Waals surface area contributed by atoms with Gasteiger partial charge >= 0.3 is 6.18 Å². The maximum atomic E-state index is 13.8. The zero-order chi connectivity index (χ0) is 29.6. The highest BCUT2D eigenvalue weighted by atomic mass is 19.4. The minimum atomic E-state index is -4.72. The molecule has 2 amide bonds. The number of methoxy groups -OCH3 is 1. The molecular weight excluding hydrogens is 539 g/mol. The van der Waals surface area contributed by atoms with E-state index in [2.05, 4.69) is 37.8 Å². The molecule has 3 aromatic rings. The molecule has 0 unspecified atom stereocenters. The fourth-order valence-corrected chi connectivity index (χ4v) is 4.33. The van der Waals surface area contributed by atoms with Crippen molar-refractivity contribution in [3.8, 4) is 5.75 Å². The Bertz CT molecular complexity index is 1420. The molecule has 216 valence electrons. The molecule has 2 heterocycles. The lowest BCUT2D eigenvalue weighted by atomic mass is 10.0. The summed E-state index contributed by atoms with van der Waals surface area (Å²) in [5, 5.41) is 11.6. The smallest absolute Gasteiger partial charge is 0.421 e. The van der Waals surface area contributed by atoms with E-state index in [1.807, 2.05) is 11.0 Å². The number of rotatable bonds is 9. The number of likely N-dealkylation sites (tertiary alicyclic amines) is 1. The van der Waals surface area contributed by atoms with E-state index in [-0.39, 0.29) is 23.6 Å². The van der Waals surface area contributed by atoms with Gasteiger partial charge in [-0.3, -0.25) is 9.59 Å². The van der Waals surface area contributed by atoms with Crippen molar-refractivity contribution >= 4 is 46.3 Å². The predicted octanol–water partition coefficient (Wildman–Crippen LogP) is 5.54. The second kappa shape index (κ2) is 12.6. The molecule has 13 heteroatoms. The summed E-state index contributed by atoms with van der Waals surface area (Å²) < 4.78 is 46.8. The van der Waals surface area contributed by atoms with Gasteiger partial charge in [0, 0.05) is 55.4 Å². The second-order valence-electron chi connectivity index (χ2n) is 9.32. The summed E-state index contributed by atoms with van der Waals surface area (Å²) >= 11 is 0. The van der Waals surface area contributed by atoms with Gasteiger partial charge in [-0.1, -0.05) is 12.6 Å². The van der Waals surface area contributed by atoms with E-state index in [9.17, 15) is 22.8 Å². The van der Waals surface area contributed by atoms with Crippen molar-refractivity contribution < 1.29 is 27.5 Å². The van der Waals surface area contributed by atoms with Crippen LogP contribution in [0.3, 0.4) is 0 Å². The molecule has 10 nitrogen and oxygen atoms in total. The number of hydrogen-bond donors (Lipinski definition) is 4. The third kappa shape index (κ3) is 7.65. The number of benzene rings is 2. The Morgan fingerprint density at radius 3 is 2.46 bits per heavy atom. The number of halogens is 3. The summed E-state index contributed by atoms with van der Waals surface area (Å²) in [6.45, 7) is 6.30. The van der Waals surface area contributed by atoms with Gasteiger partial charge in [-0.05, 0) is 49.2 Å². The molecular formula is C28H30F3N7O3. The molecule has 41 heavy (non-hydrogen) atoms. The highest BCUT2D eigenvalue weighted by Gasteiger charge is 2.35. The van der Waals surface area contributed by atoms with Crippen LogP contribution in [0.25, 0.3) is 0 Å². The molecule has 1 saturated heterocycles. The molecule has 2 aromatic carbocycles. The van der Waals surface area contributed by atoms with Gasteiger partial charge in [-0.15, -0.1) is 0 Å². The number of hydrogen-bond acceptors (Lipinski definition) is 8. The van der Waals surface area contributed by atoms with Gasteiger partial charge in [0.05, 0.1) is 12.8 Å². The van der Waals surface area contributed by atoms with E-state index >= 15 is 0 Å². The van der Waals surface area contributed by atoms with Crippen LogP contribution in [0.1, 0.15) is 25.3 Å². The standard InChI is InChI=1S/C28H30F3N7O3/c1-4-25(40)34-19-6-5-7-20(14-19)35-26-22(28(29,30)31)16-32-27(37-26)36-23-9-8-21(15-24(23)41-3)33-18-10-12-38(13-11-18)17(2)39/h4-9,14-16,18,33H,1,10-13H2,2-3H3,(H,34,40)(H2,32,35,36,37). The van der Waals surface area contributed by atoms with Crippen LogP contribution in [0.5, 0.6) is 5.75 Å². The van der Waals surface area contributed by atoms with Crippen LogP contribution in [0.4, 0.5) is 47.7 Å². The van der Waals surface area contributed by atoms with Gasteiger partial charge in [-0.25, -0.2) is 4.98 Å². The fraction of sp³-hybridized carbons (Fsp3) is 0.286. The lowest BCUT2D eigenvalue weighted by Gasteiger charge is -2.32. The van der Waals surface area contributed by atoms with E-state index < -0.39 is 23.5 Å². The first-order valence-electron chi connectivity index (χ1n) is 12.8. The van der Waals surface area contributed by atoms with Gasteiger partial charge in [0.2, 0.25) is 17.8 Å². The van der Waals surface area contributed by atoms with Crippen LogP contribution < -0.4 is 26.0 Å². The van der Waals surface area contributed by atoms with Crippen LogP contribution >= 0.6 is 0 Å². The van der Waals surface area contributed by atoms with E-state index in [0.29, 0.717) is 36.4 Å². The third-order valence-electron chi connectivity index (χ3n) is 6.43. The highest BCUT2D eigenvalue weighted by Crippen LogP contribution is 2.37. The predicted molar refractivity (Wildman–Crippen MR) is 151 cm³/mol. The quantitative estimate of drug-likeness (QED) is 0.248. The maximum absolute atomic E-state index is 13.8. The third-order valence-corrected chi connectivity index (χ3v) is 6.43. The number of ether oxygens (including phenoxy) is 1. The molecule has 1 fully saturated rings. The number of amides is 2. The molecule has 0 bridgehead atoms. The number of carbonyl (C=O) groups excluding carboxylic acids is 2. The number of anilines is 6. The lowest BCUT2D eigenvalue weighted by Crippen LogP contribution is -2.41. The molecule has 1 aliphatic rings. The zero-order valence-electron chi connectivity index (χ0n) is 22.5. The molecule has 4 N–H and O–H groups in total. The minimum absolute atomic E-state index is 0.0647. The van der Waals surface area contributed by atoms with Crippen molar-refractivity contribution in [2.24, 2.45) is 0 Å². The number of nitrogens with zero attached hydrogens (tertiary/aromatic N) is 3. The van der Waals surface area contributed by atoms with E-state index in [0.717, 1.165) is 24.6 Å². The van der Waals surface area contributed by atoms with Gasteiger partial charge in [0.1, 0.15) is 17.1 Å². The summed E-state index contributed by atoms with van der Waals surface area (Å²) in [5.41, 5.74) is 0.816. The monoisotopic (exact) mass is 569 g/mol. The average molecular weight is 570 g/mol. The fourth-order valence-electron chi connectivity index (χ4n) is 4.33. The zero-order valence-corrected chi connectivity index (χ0v) is 22.5.